The number of esters is 1. The molecule has 1 saturated heterocycles. The zero-order valence-electron chi connectivity index (χ0n) is 14.8. The van der Waals surface area contributed by atoms with Crippen LogP contribution in [0.1, 0.15) is 42.7 Å². The molecular formula is C22H25NO2. The molecule has 3 heteroatoms. The molecule has 2 aromatic rings. The van der Waals surface area contributed by atoms with Gasteiger partial charge in [-0.2, -0.15) is 0 Å². The van der Waals surface area contributed by atoms with Crippen LogP contribution in [0, 0.1) is 0 Å². The van der Waals surface area contributed by atoms with Crippen LogP contribution in [0.5, 0.6) is 0 Å². The highest BCUT2D eigenvalue weighted by Crippen LogP contribution is 2.45. The average molecular weight is 335 g/mol. The highest BCUT2D eigenvalue weighted by atomic mass is 16.5. The smallest absolute Gasteiger partial charge is 0.317 e. The Morgan fingerprint density at radius 3 is 2.32 bits per heavy atom. The molecule has 1 unspecified atom stereocenters. The van der Waals surface area contributed by atoms with Crippen molar-refractivity contribution in [1.29, 1.82) is 0 Å². The molecule has 4 rings (SSSR count). The van der Waals surface area contributed by atoms with E-state index >= 15 is 0 Å². The number of hydrogen-bond donors (Lipinski definition) is 0. The van der Waals surface area contributed by atoms with Gasteiger partial charge in [-0.25, -0.2) is 0 Å². The van der Waals surface area contributed by atoms with Gasteiger partial charge in [-0.3, -0.25) is 4.79 Å². The zero-order chi connectivity index (χ0) is 17.2. The van der Waals surface area contributed by atoms with Crippen LogP contribution in [0.3, 0.4) is 0 Å². The Labute approximate surface area is 149 Å². The lowest BCUT2D eigenvalue weighted by atomic mass is 9.97. The van der Waals surface area contributed by atoms with Gasteiger partial charge in [0.05, 0.1) is 6.61 Å². The molecule has 3 nitrogen and oxygen atoms in total. The van der Waals surface area contributed by atoms with E-state index in [1.54, 1.807) is 0 Å². The summed E-state index contributed by atoms with van der Waals surface area (Å²) in [6.45, 7) is 1.66. The predicted molar refractivity (Wildman–Crippen MR) is 99.6 cm³/mol. The first-order chi connectivity index (χ1) is 12.3. The van der Waals surface area contributed by atoms with Crippen molar-refractivity contribution >= 4 is 5.97 Å². The third-order valence-electron chi connectivity index (χ3n) is 5.69. The summed E-state index contributed by atoms with van der Waals surface area (Å²) in [6.07, 6.45) is 4.70. The van der Waals surface area contributed by atoms with E-state index in [1.165, 1.54) is 19.3 Å². The molecule has 0 saturated carbocycles. The molecule has 2 aromatic carbocycles. The average Bonchev–Trinajstić information content (AvgIpc) is 2.98. The molecule has 0 amide bonds. The maximum absolute atomic E-state index is 12.9. The largest absolute Gasteiger partial charge is 0.465 e. The molecule has 0 bridgehead atoms. The monoisotopic (exact) mass is 335 g/mol. The Bertz CT molecular complexity index is 725. The lowest BCUT2D eigenvalue weighted by molar-refractivity contribution is -0.144. The van der Waals surface area contributed by atoms with Crippen molar-refractivity contribution in [2.45, 2.75) is 37.6 Å². The van der Waals surface area contributed by atoms with E-state index in [4.69, 9.17) is 4.74 Å². The van der Waals surface area contributed by atoms with Crippen molar-refractivity contribution in [2.24, 2.45) is 0 Å². The van der Waals surface area contributed by atoms with Gasteiger partial charge in [0, 0.05) is 6.04 Å². The summed E-state index contributed by atoms with van der Waals surface area (Å²) in [5, 5.41) is 0. The quantitative estimate of drug-likeness (QED) is 0.784. The van der Waals surface area contributed by atoms with Crippen molar-refractivity contribution in [2.75, 3.05) is 20.2 Å². The number of fused-ring (bicyclic) bond motifs is 3. The van der Waals surface area contributed by atoms with Crippen LogP contribution >= 0.6 is 0 Å². The van der Waals surface area contributed by atoms with Crippen LogP contribution in [-0.4, -0.2) is 37.1 Å². The first-order valence-electron chi connectivity index (χ1n) is 9.31. The van der Waals surface area contributed by atoms with E-state index in [0.717, 1.165) is 35.2 Å². The van der Waals surface area contributed by atoms with Crippen molar-refractivity contribution < 1.29 is 9.53 Å². The minimum Gasteiger partial charge on any atom is -0.465 e. The normalized spacial score (nSPS) is 20.1. The van der Waals surface area contributed by atoms with E-state index < -0.39 is 0 Å². The second-order valence-electron chi connectivity index (χ2n) is 7.19. The van der Waals surface area contributed by atoms with Crippen LogP contribution in [-0.2, 0) is 9.53 Å². The van der Waals surface area contributed by atoms with Gasteiger partial charge in [-0.1, -0.05) is 55.0 Å². The number of carbonyl (C=O) groups excluding carboxylic acids is 1. The van der Waals surface area contributed by atoms with E-state index in [1.807, 2.05) is 24.3 Å². The summed E-state index contributed by atoms with van der Waals surface area (Å²) in [4.78, 5) is 15.3. The first kappa shape index (κ1) is 16.3. The Morgan fingerprint density at radius 1 is 1.04 bits per heavy atom. The highest BCUT2D eigenvalue weighted by molar-refractivity contribution is 5.93. The third-order valence-corrected chi connectivity index (χ3v) is 5.69. The van der Waals surface area contributed by atoms with Gasteiger partial charge in [0.1, 0.15) is 5.92 Å². The van der Waals surface area contributed by atoms with Gasteiger partial charge in [0.15, 0.2) is 0 Å². The molecule has 130 valence electrons. The van der Waals surface area contributed by atoms with Gasteiger partial charge in [0.25, 0.3) is 0 Å². The summed E-state index contributed by atoms with van der Waals surface area (Å²) in [6, 6.07) is 16.9. The molecule has 0 aromatic heterocycles. The van der Waals surface area contributed by atoms with Crippen LogP contribution in [0.4, 0.5) is 0 Å². The standard InChI is InChI=1S/C22H25NO2/c1-23-14-7-6-8-16(23)13-15-25-22(24)21-19-11-4-2-9-17(19)18-10-3-5-12-20(18)21/h2-5,9-12,16,21H,6-8,13-15H2,1H3. The molecule has 2 aliphatic rings. The summed E-state index contributed by atoms with van der Waals surface area (Å²) >= 11 is 0. The number of piperidine rings is 1. The number of rotatable bonds is 4. The Balaban J connectivity index is 1.47. The summed E-state index contributed by atoms with van der Waals surface area (Å²) in [7, 11) is 2.18. The van der Waals surface area contributed by atoms with E-state index in [2.05, 4.69) is 36.2 Å². The minimum absolute atomic E-state index is 0.115. The van der Waals surface area contributed by atoms with Gasteiger partial charge in [0.2, 0.25) is 0 Å². The van der Waals surface area contributed by atoms with Gasteiger partial charge >= 0.3 is 5.97 Å². The fourth-order valence-corrected chi connectivity index (χ4v) is 4.30. The fourth-order valence-electron chi connectivity index (χ4n) is 4.30. The number of likely N-dealkylation sites (tertiary alicyclic amines) is 1. The molecule has 1 atom stereocenters. The molecule has 1 aliphatic heterocycles. The Kier molecular flexibility index (Phi) is 4.58. The summed E-state index contributed by atoms with van der Waals surface area (Å²) in [5.41, 5.74) is 4.46. The maximum Gasteiger partial charge on any atom is 0.317 e. The predicted octanol–water partition coefficient (Wildman–Crippen LogP) is 4.22. The fraction of sp³-hybridized carbons (Fsp3) is 0.409. The Morgan fingerprint density at radius 2 is 1.68 bits per heavy atom. The third kappa shape index (κ3) is 3.09. The van der Waals surface area contributed by atoms with Gasteiger partial charge in [-0.15, -0.1) is 0 Å². The van der Waals surface area contributed by atoms with Crippen molar-refractivity contribution in [3.05, 3.63) is 59.7 Å². The SMILES string of the molecule is CN1CCCCC1CCOC(=O)C1c2ccccc2-c2ccccc21. The number of carbonyl (C=O) groups is 1. The van der Waals surface area contributed by atoms with E-state index in [9.17, 15) is 4.79 Å². The van der Waals surface area contributed by atoms with E-state index in [-0.39, 0.29) is 11.9 Å². The zero-order valence-corrected chi connectivity index (χ0v) is 14.8. The number of benzene rings is 2. The molecule has 1 fully saturated rings. The molecular weight excluding hydrogens is 310 g/mol. The summed E-state index contributed by atoms with van der Waals surface area (Å²) in [5.74, 6) is -0.396. The molecule has 25 heavy (non-hydrogen) atoms. The molecule has 1 heterocycles. The van der Waals surface area contributed by atoms with Crippen LogP contribution in [0.2, 0.25) is 0 Å². The lowest BCUT2D eigenvalue weighted by Crippen LogP contribution is -2.37. The topological polar surface area (TPSA) is 29.5 Å². The van der Waals surface area contributed by atoms with Gasteiger partial charge < -0.3 is 9.64 Å². The maximum atomic E-state index is 12.9. The summed E-state index contributed by atoms with van der Waals surface area (Å²) < 4.78 is 5.73. The van der Waals surface area contributed by atoms with E-state index in [0.29, 0.717) is 12.6 Å². The van der Waals surface area contributed by atoms with Crippen molar-refractivity contribution in [3.63, 3.8) is 0 Å². The lowest BCUT2D eigenvalue weighted by Gasteiger charge is -2.32. The van der Waals surface area contributed by atoms with Crippen LogP contribution in [0.15, 0.2) is 48.5 Å². The second kappa shape index (κ2) is 7.01. The van der Waals surface area contributed by atoms with Crippen molar-refractivity contribution in [1.82, 2.24) is 4.90 Å². The molecule has 1 aliphatic carbocycles. The highest BCUT2D eigenvalue weighted by Gasteiger charge is 2.34. The van der Waals surface area contributed by atoms with Crippen LogP contribution < -0.4 is 0 Å². The molecule has 0 N–H and O–H groups in total. The first-order valence-corrected chi connectivity index (χ1v) is 9.31. The number of hydrogen-bond acceptors (Lipinski definition) is 3. The Hall–Kier alpha value is -2.13. The number of nitrogens with zero attached hydrogens (tertiary/aromatic N) is 1. The van der Waals surface area contributed by atoms with Crippen molar-refractivity contribution in [3.8, 4) is 11.1 Å². The van der Waals surface area contributed by atoms with Crippen LogP contribution in [0.25, 0.3) is 11.1 Å². The number of ether oxygens (including phenoxy) is 1. The van der Waals surface area contributed by atoms with Gasteiger partial charge in [-0.05, 0) is 55.1 Å². The minimum atomic E-state index is -0.281. The molecule has 0 spiro atoms. The molecule has 0 radical (unpaired) electrons. The second-order valence-corrected chi connectivity index (χ2v) is 7.19.